The van der Waals surface area contributed by atoms with Crippen LogP contribution in [0.3, 0.4) is 0 Å². The minimum Gasteiger partial charge on any atom is -0.465 e. The maximum absolute atomic E-state index is 13.4. The molecule has 1 heterocycles. The third-order valence-corrected chi connectivity index (χ3v) is 8.48. The van der Waals surface area contributed by atoms with Gasteiger partial charge < -0.3 is 10.0 Å². The highest BCUT2D eigenvalue weighted by Crippen LogP contribution is 2.40. The lowest BCUT2D eigenvalue weighted by atomic mass is 9.86. The van der Waals surface area contributed by atoms with Crippen molar-refractivity contribution in [2.45, 2.75) is 51.5 Å². The molecule has 0 spiro atoms. The first-order valence-corrected chi connectivity index (χ1v) is 13.8. The zero-order valence-corrected chi connectivity index (χ0v) is 21.8. The van der Waals surface area contributed by atoms with E-state index in [1.165, 1.54) is 25.4 Å². The summed E-state index contributed by atoms with van der Waals surface area (Å²) in [6, 6.07) is 12.0. The first-order valence-electron chi connectivity index (χ1n) is 12.3. The van der Waals surface area contributed by atoms with Crippen molar-refractivity contribution in [3.8, 4) is 11.1 Å². The molecule has 1 atom stereocenters. The van der Waals surface area contributed by atoms with Crippen LogP contribution >= 0.6 is 0 Å². The highest BCUT2D eigenvalue weighted by atomic mass is 32.2. The lowest BCUT2D eigenvalue weighted by Gasteiger charge is -2.41. The van der Waals surface area contributed by atoms with Gasteiger partial charge in [-0.25, -0.2) is 4.79 Å². The lowest BCUT2D eigenvalue weighted by molar-refractivity contribution is -0.120. The lowest BCUT2D eigenvalue weighted by Crippen LogP contribution is -2.52. The summed E-state index contributed by atoms with van der Waals surface area (Å²) < 4.78 is 28.1. The summed E-state index contributed by atoms with van der Waals surface area (Å²) in [5, 5.41) is 9.92. The van der Waals surface area contributed by atoms with E-state index in [4.69, 9.17) is 0 Å². The van der Waals surface area contributed by atoms with Crippen molar-refractivity contribution < 1.29 is 23.1 Å². The third kappa shape index (κ3) is 5.49. The average molecular weight is 515 g/mol. The number of benzene rings is 2. The Balaban J connectivity index is 1.67. The molecule has 10 heteroatoms. The SMILES string of the molecule is C[C@H]1CN(C(=O)O)c2cc(-c3cccc(NS(=O)(=O)N(C)C)c3)ccc2N1C(=O)CC1CCCCC1. The van der Waals surface area contributed by atoms with Gasteiger partial charge in [0.05, 0.1) is 23.1 Å². The molecule has 2 aliphatic rings. The quantitative estimate of drug-likeness (QED) is 0.577. The fourth-order valence-corrected chi connectivity index (χ4v) is 5.71. The molecular weight excluding hydrogens is 480 g/mol. The Morgan fingerprint density at radius 3 is 2.39 bits per heavy atom. The Hall–Kier alpha value is -3.11. The van der Waals surface area contributed by atoms with Gasteiger partial charge in [-0.05, 0) is 61.1 Å². The number of nitrogens with zero attached hydrogens (tertiary/aromatic N) is 3. The first-order chi connectivity index (χ1) is 17.1. The minimum atomic E-state index is -3.67. The number of carbonyl (C=O) groups excluding carboxylic acids is 1. The predicted octanol–water partition coefficient (Wildman–Crippen LogP) is 4.76. The Labute approximate surface area is 212 Å². The molecule has 2 amide bonds. The van der Waals surface area contributed by atoms with E-state index < -0.39 is 16.3 Å². The van der Waals surface area contributed by atoms with E-state index in [1.54, 1.807) is 35.2 Å². The molecule has 0 aromatic heterocycles. The van der Waals surface area contributed by atoms with E-state index in [0.29, 0.717) is 29.4 Å². The summed E-state index contributed by atoms with van der Waals surface area (Å²) in [5.41, 5.74) is 2.88. The number of carbonyl (C=O) groups is 2. The van der Waals surface area contributed by atoms with Crippen LogP contribution in [-0.4, -0.2) is 56.5 Å². The summed E-state index contributed by atoms with van der Waals surface area (Å²) in [6.45, 7) is 2.07. The molecule has 36 heavy (non-hydrogen) atoms. The van der Waals surface area contributed by atoms with Crippen molar-refractivity contribution in [2.75, 3.05) is 35.2 Å². The number of fused-ring (bicyclic) bond motifs is 1. The summed E-state index contributed by atoms with van der Waals surface area (Å²) in [7, 11) is -0.781. The molecule has 9 nitrogen and oxygen atoms in total. The van der Waals surface area contributed by atoms with Gasteiger partial charge in [-0.15, -0.1) is 0 Å². The predicted molar refractivity (Wildman–Crippen MR) is 142 cm³/mol. The van der Waals surface area contributed by atoms with Crippen molar-refractivity contribution in [3.05, 3.63) is 42.5 Å². The van der Waals surface area contributed by atoms with Crippen LogP contribution in [0.15, 0.2) is 42.5 Å². The van der Waals surface area contributed by atoms with Crippen LogP contribution in [0, 0.1) is 5.92 Å². The van der Waals surface area contributed by atoms with Gasteiger partial charge in [0.15, 0.2) is 0 Å². The third-order valence-electron chi connectivity index (χ3n) is 7.02. The molecule has 0 saturated heterocycles. The number of nitrogens with one attached hydrogen (secondary N) is 1. The zero-order valence-electron chi connectivity index (χ0n) is 21.0. The summed E-state index contributed by atoms with van der Waals surface area (Å²) in [4.78, 5) is 28.6. The van der Waals surface area contributed by atoms with Crippen LogP contribution in [0.1, 0.15) is 45.4 Å². The summed E-state index contributed by atoms with van der Waals surface area (Å²) in [5.74, 6) is 0.417. The van der Waals surface area contributed by atoms with E-state index in [1.807, 2.05) is 19.1 Å². The standard InChI is InChI=1S/C26H34N4O5S/c1-18-17-29(26(32)33)24-16-21(20-10-7-11-22(15-20)27-36(34,35)28(2)3)12-13-23(24)30(18)25(31)14-19-8-5-4-6-9-19/h7,10-13,15-16,18-19,27H,4-6,8-9,14,17H2,1-3H3,(H,32,33)/t18-/m0/s1. The summed E-state index contributed by atoms with van der Waals surface area (Å²) >= 11 is 0. The fraction of sp³-hybridized carbons (Fsp3) is 0.462. The number of hydrogen-bond donors (Lipinski definition) is 2. The van der Waals surface area contributed by atoms with Gasteiger partial charge >= 0.3 is 16.3 Å². The highest BCUT2D eigenvalue weighted by Gasteiger charge is 2.35. The molecule has 1 fully saturated rings. The second-order valence-electron chi connectivity index (χ2n) is 9.89. The van der Waals surface area contributed by atoms with Crippen molar-refractivity contribution >= 4 is 39.3 Å². The normalized spacial score (nSPS) is 18.7. The van der Waals surface area contributed by atoms with Gasteiger partial charge in [0.1, 0.15) is 0 Å². The van der Waals surface area contributed by atoms with Crippen molar-refractivity contribution in [1.82, 2.24) is 4.31 Å². The average Bonchev–Trinajstić information content (AvgIpc) is 2.83. The maximum atomic E-state index is 13.4. The zero-order chi connectivity index (χ0) is 26.0. The highest BCUT2D eigenvalue weighted by molar-refractivity contribution is 7.90. The van der Waals surface area contributed by atoms with Gasteiger partial charge in [-0.2, -0.15) is 12.7 Å². The van der Waals surface area contributed by atoms with Crippen LogP contribution in [0.4, 0.5) is 21.9 Å². The molecule has 4 rings (SSSR count). The fourth-order valence-electron chi connectivity index (χ4n) is 5.10. The Bertz CT molecular complexity index is 1240. The van der Waals surface area contributed by atoms with E-state index in [-0.39, 0.29) is 18.5 Å². The minimum absolute atomic E-state index is 0.0357. The van der Waals surface area contributed by atoms with Crippen LogP contribution in [-0.2, 0) is 15.0 Å². The molecule has 2 aromatic rings. The number of hydrogen-bond acceptors (Lipinski definition) is 4. The van der Waals surface area contributed by atoms with E-state index >= 15 is 0 Å². The second-order valence-corrected chi connectivity index (χ2v) is 11.8. The number of carboxylic acid groups (broad SMARTS) is 1. The van der Waals surface area contributed by atoms with Crippen LogP contribution < -0.4 is 14.5 Å². The molecular formula is C26H34N4O5S. The van der Waals surface area contributed by atoms with Crippen molar-refractivity contribution in [2.24, 2.45) is 5.92 Å². The van der Waals surface area contributed by atoms with Gasteiger partial charge in [-0.3, -0.25) is 14.4 Å². The van der Waals surface area contributed by atoms with Crippen LogP contribution in [0.25, 0.3) is 11.1 Å². The molecule has 0 unspecified atom stereocenters. The van der Waals surface area contributed by atoms with Crippen molar-refractivity contribution in [3.63, 3.8) is 0 Å². The Morgan fingerprint density at radius 1 is 1.03 bits per heavy atom. The molecule has 0 radical (unpaired) electrons. The Kier molecular flexibility index (Phi) is 7.56. The monoisotopic (exact) mass is 514 g/mol. The van der Waals surface area contributed by atoms with Crippen LogP contribution in [0.5, 0.6) is 0 Å². The van der Waals surface area contributed by atoms with Gasteiger partial charge in [-0.1, -0.05) is 37.5 Å². The molecule has 1 aliphatic heterocycles. The van der Waals surface area contributed by atoms with Gasteiger partial charge in [0, 0.05) is 27.1 Å². The first kappa shape index (κ1) is 26.0. The smallest absolute Gasteiger partial charge is 0.411 e. The Morgan fingerprint density at radius 2 is 1.72 bits per heavy atom. The number of rotatable bonds is 6. The van der Waals surface area contributed by atoms with Crippen LogP contribution in [0.2, 0.25) is 0 Å². The molecule has 194 valence electrons. The van der Waals surface area contributed by atoms with Gasteiger partial charge in [0.25, 0.3) is 0 Å². The largest absolute Gasteiger partial charge is 0.465 e. The number of anilines is 3. The molecule has 2 aromatic carbocycles. The summed E-state index contributed by atoms with van der Waals surface area (Å²) in [6.07, 6.45) is 5.07. The number of amides is 2. The van der Waals surface area contributed by atoms with E-state index in [2.05, 4.69) is 4.72 Å². The van der Waals surface area contributed by atoms with E-state index in [0.717, 1.165) is 41.1 Å². The second kappa shape index (κ2) is 10.5. The molecule has 1 aliphatic carbocycles. The molecule has 1 saturated carbocycles. The maximum Gasteiger partial charge on any atom is 0.411 e. The molecule has 0 bridgehead atoms. The topological polar surface area (TPSA) is 110 Å². The molecule has 2 N–H and O–H groups in total. The van der Waals surface area contributed by atoms with Crippen molar-refractivity contribution in [1.29, 1.82) is 0 Å². The van der Waals surface area contributed by atoms with Gasteiger partial charge in [0.2, 0.25) is 5.91 Å². The van der Waals surface area contributed by atoms with E-state index in [9.17, 15) is 23.1 Å².